The van der Waals surface area contributed by atoms with Gasteiger partial charge in [-0.3, -0.25) is 4.98 Å². The summed E-state index contributed by atoms with van der Waals surface area (Å²) in [5.41, 5.74) is 2.55. The Morgan fingerprint density at radius 2 is 1.74 bits per heavy atom. The smallest absolute Gasteiger partial charge is 0.225 e. The number of halogens is 1. The molecule has 2 heterocycles. The molecule has 0 aliphatic heterocycles. The van der Waals surface area contributed by atoms with Crippen LogP contribution in [0, 0.1) is 5.92 Å². The molecule has 1 atom stereocenters. The summed E-state index contributed by atoms with van der Waals surface area (Å²) in [5.74, 6) is 1.33. The first-order valence-corrected chi connectivity index (χ1v) is 9.12. The predicted octanol–water partition coefficient (Wildman–Crippen LogP) is 4.36. The lowest BCUT2D eigenvalue weighted by molar-refractivity contribution is 0.248. The maximum absolute atomic E-state index is 9.62. The predicted molar refractivity (Wildman–Crippen MR) is 109 cm³/mol. The molecule has 0 amide bonds. The minimum absolute atomic E-state index is 0.000454. The van der Waals surface area contributed by atoms with Gasteiger partial charge in [-0.1, -0.05) is 25.4 Å². The van der Waals surface area contributed by atoms with E-state index in [1.165, 1.54) is 0 Å². The monoisotopic (exact) mass is 383 g/mol. The number of benzene rings is 1. The molecule has 6 nitrogen and oxygen atoms in total. The lowest BCUT2D eigenvalue weighted by atomic mass is 10.1. The first-order chi connectivity index (χ1) is 13.0. The molecule has 3 aromatic rings. The average Bonchev–Trinajstić information content (AvgIpc) is 2.68. The molecule has 3 rings (SSSR count). The Kier molecular flexibility index (Phi) is 6.21. The minimum atomic E-state index is -0.138. The Balaban J connectivity index is 1.96. The summed E-state index contributed by atoms with van der Waals surface area (Å²) >= 11 is 5.96. The molecule has 140 valence electrons. The van der Waals surface area contributed by atoms with Crippen molar-refractivity contribution < 1.29 is 5.11 Å². The van der Waals surface area contributed by atoms with Gasteiger partial charge in [0, 0.05) is 34.7 Å². The number of aliphatic hydroxyl groups excluding tert-OH is 1. The molecule has 2 aromatic heterocycles. The zero-order valence-electron chi connectivity index (χ0n) is 15.2. The Labute approximate surface area is 163 Å². The van der Waals surface area contributed by atoms with Gasteiger partial charge in [0.05, 0.1) is 18.3 Å². The minimum Gasteiger partial charge on any atom is -0.394 e. The number of aliphatic hydroxyl groups is 1. The fraction of sp³-hybridized carbons (Fsp3) is 0.250. The van der Waals surface area contributed by atoms with Crippen molar-refractivity contribution in [3.8, 4) is 11.3 Å². The molecule has 3 N–H and O–H groups in total. The van der Waals surface area contributed by atoms with E-state index < -0.39 is 0 Å². The van der Waals surface area contributed by atoms with Gasteiger partial charge in [0.1, 0.15) is 5.82 Å². The van der Waals surface area contributed by atoms with Crippen LogP contribution in [0.5, 0.6) is 0 Å². The maximum Gasteiger partial charge on any atom is 0.225 e. The molecule has 0 aliphatic carbocycles. The molecule has 0 saturated carbocycles. The lowest BCUT2D eigenvalue weighted by Gasteiger charge is -2.20. The molecule has 27 heavy (non-hydrogen) atoms. The molecule has 0 unspecified atom stereocenters. The molecule has 7 heteroatoms. The Bertz CT molecular complexity index is 871. The van der Waals surface area contributed by atoms with Crippen molar-refractivity contribution in [3.63, 3.8) is 0 Å². The summed E-state index contributed by atoms with van der Waals surface area (Å²) in [7, 11) is 0. The van der Waals surface area contributed by atoms with Crippen molar-refractivity contribution in [2.75, 3.05) is 17.2 Å². The molecule has 0 fully saturated rings. The zero-order valence-corrected chi connectivity index (χ0v) is 16.0. The first-order valence-electron chi connectivity index (χ1n) is 8.74. The standard InChI is InChI=1S/C20H22ClN5O/c1-13(2)18(12-27)25-20-24-17(14-7-9-22-10-8-14)11-19(26-20)23-16-5-3-15(21)4-6-16/h3-11,13,18,27H,12H2,1-2H3,(H2,23,24,25,26)/t18-/m0/s1. The Morgan fingerprint density at radius 1 is 1.04 bits per heavy atom. The van der Waals surface area contributed by atoms with Gasteiger partial charge in [0.2, 0.25) is 5.95 Å². The van der Waals surface area contributed by atoms with Crippen LogP contribution in [0.15, 0.2) is 54.9 Å². The maximum atomic E-state index is 9.62. The second-order valence-electron chi connectivity index (χ2n) is 6.51. The van der Waals surface area contributed by atoms with Crippen molar-refractivity contribution in [2.24, 2.45) is 5.92 Å². The van der Waals surface area contributed by atoms with Crippen LogP contribution in [0.1, 0.15) is 13.8 Å². The van der Waals surface area contributed by atoms with Crippen LogP contribution in [-0.2, 0) is 0 Å². The van der Waals surface area contributed by atoms with Gasteiger partial charge >= 0.3 is 0 Å². The van der Waals surface area contributed by atoms with Gasteiger partial charge in [-0.2, -0.15) is 4.98 Å². The van der Waals surface area contributed by atoms with Crippen LogP contribution in [0.3, 0.4) is 0 Å². The van der Waals surface area contributed by atoms with Crippen molar-refractivity contribution in [2.45, 2.75) is 19.9 Å². The van der Waals surface area contributed by atoms with Gasteiger partial charge in [-0.25, -0.2) is 4.98 Å². The van der Waals surface area contributed by atoms with Crippen LogP contribution in [0.25, 0.3) is 11.3 Å². The van der Waals surface area contributed by atoms with Crippen molar-refractivity contribution in [1.29, 1.82) is 0 Å². The van der Waals surface area contributed by atoms with E-state index in [-0.39, 0.29) is 18.6 Å². The first kappa shape index (κ1) is 19.1. The summed E-state index contributed by atoms with van der Waals surface area (Å²) in [6.45, 7) is 4.07. The molecule has 1 aromatic carbocycles. The molecular weight excluding hydrogens is 362 g/mol. The third-order valence-electron chi connectivity index (χ3n) is 4.13. The highest BCUT2D eigenvalue weighted by atomic mass is 35.5. The Hall–Kier alpha value is -2.70. The zero-order chi connectivity index (χ0) is 19.2. The number of nitrogens with one attached hydrogen (secondary N) is 2. The number of anilines is 3. The normalized spacial score (nSPS) is 12.0. The largest absolute Gasteiger partial charge is 0.394 e. The van der Waals surface area contributed by atoms with E-state index in [9.17, 15) is 5.11 Å². The van der Waals surface area contributed by atoms with Crippen molar-refractivity contribution in [1.82, 2.24) is 15.0 Å². The highest BCUT2D eigenvalue weighted by Crippen LogP contribution is 2.24. The highest BCUT2D eigenvalue weighted by molar-refractivity contribution is 6.30. The summed E-state index contributed by atoms with van der Waals surface area (Å²) in [6, 6.07) is 12.9. The van der Waals surface area contributed by atoms with Gasteiger partial charge < -0.3 is 15.7 Å². The third kappa shape index (κ3) is 5.15. The highest BCUT2D eigenvalue weighted by Gasteiger charge is 2.15. The topological polar surface area (TPSA) is 83.0 Å². The van der Waals surface area contributed by atoms with Crippen molar-refractivity contribution >= 4 is 29.1 Å². The molecule has 0 spiro atoms. The fourth-order valence-electron chi connectivity index (χ4n) is 2.52. The van der Waals surface area contributed by atoms with E-state index in [1.807, 2.05) is 56.3 Å². The summed E-state index contributed by atoms with van der Waals surface area (Å²) < 4.78 is 0. The van der Waals surface area contributed by atoms with E-state index in [0.29, 0.717) is 16.8 Å². The number of hydrogen-bond donors (Lipinski definition) is 3. The van der Waals surface area contributed by atoms with E-state index >= 15 is 0 Å². The van der Waals surface area contributed by atoms with Gasteiger partial charge in [-0.15, -0.1) is 0 Å². The number of nitrogens with zero attached hydrogens (tertiary/aromatic N) is 3. The van der Waals surface area contributed by atoms with E-state index in [2.05, 4.69) is 25.6 Å². The SMILES string of the molecule is CC(C)[C@H](CO)Nc1nc(Nc2ccc(Cl)cc2)cc(-c2ccncc2)n1. The van der Waals surface area contributed by atoms with Crippen LogP contribution in [0.4, 0.5) is 17.5 Å². The summed E-state index contributed by atoms with van der Waals surface area (Å²) in [4.78, 5) is 13.2. The molecule has 0 bridgehead atoms. The van der Waals surface area contributed by atoms with Gasteiger partial charge in [0.15, 0.2) is 0 Å². The third-order valence-corrected chi connectivity index (χ3v) is 4.39. The van der Waals surface area contributed by atoms with Crippen LogP contribution >= 0.6 is 11.6 Å². The van der Waals surface area contributed by atoms with Crippen LogP contribution in [-0.4, -0.2) is 32.7 Å². The van der Waals surface area contributed by atoms with E-state index in [1.54, 1.807) is 12.4 Å². The van der Waals surface area contributed by atoms with E-state index in [0.717, 1.165) is 16.9 Å². The lowest BCUT2D eigenvalue weighted by Crippen LogP contribution is -2.30. The summed E-state index contributed by atoms with van der Waals surface area (Å²) in [5, 5.41) is 16.8. The number of pyridine rings is 1. The van der Waals surface area contributed by atoms with Crippen LogP contribution < -0.4 is 10.6 Å². The van der Waals surface area contributed by atoms with Gasteiger partial charge in [0.25, 0.3) is 0 Å². The molecule has 0 radical (unpaired) electrons. The summed E-state index contributed by atoms with van der Waals surface area (Å²) in [6.07, 6.45) is 3.45. The number of rotatable bonds is 7. The molecule has 0 saturated heterocycles. The van der Waals surface area contributed by atoms with Crippen LogP contribution in [0.2, 0.25) is 5.02 Å². The quantitative estimate of drug-likeness (QED) is 0.562. The average molecular weight is 384 g/mol. The molecular formula is C20H22ClN5O. The fourth-order valence-corrected chi connectivity index (χ4v) is 2.64. The number of hydrogen-bond acceptors (Lipinski definition) is 6. The second kappa shape index (κ2) is 8.79. The Morgan fingerprint density at radius 3 is 2.37 bits per heavy atom. The molecule has 0 aliphatic rings. The van der Waals surface area contributed by atoms with Crippen molar-refractivity contribution in [3.05, 3.63) is 59.9 Å². The second-order valence-corrected chi connectivity index (χ2v) is 6.94. The number of aromatic nitrogens is 3. The van der Waals surface area contributed by atoms with E-state index in [4.69, 9.17) is 11.6 Å². The van der Waals surface area contributed by atoms with Gasteiger partial charge in [-0.05, 0) is 42.3 Å².